The zero-order chi connectivity index (χ0) is 25.9. The van der Waals surface area contributed by atoms with Crippen LogP contribution in [0.25, 0.3) is 12.2 Å². The molecule has 8 nitrogen and oxygen atoms in total. The van der Waals surface area contributed by atoms with Crippen LogP contribution >= 0.6 is 0 Å². The molecule has 3 heterocycles. The summed E-state index contributed by atoms with van der Waals surface area (Å²) < 4.78 is 34.2. The second-order valence-electron chi connectivity index (χ2n) is 9.39. The van der Waals surface area contributed by atoms with Crippen molar-refractivity contribution in [3.8, 4) is 0 Å². The molecule has 1 atom stereocenters. The Balaban J connectivity index is 1.52. The van der Waals surface area contributed by atoms with E-state index >= 15 is 0 Å². The summed E-state index contributed by atoms with van der Waals surface area (Å²) in [5.74, 6) is -0.400. The molecule has 1 saturated heterocycles. The van der Waals surface area contributed by atoms with Gasteiger partial charge in [-0.3, -0.25) is 9.78 Å². The van der Waals surface area contributed by atoms with Crippen LogP contribution in [0.5, 0.6) is 0 Å². The Morgan fingerprint density at radius 1 is 1.19 bits per heavy atom. The third-order valence-electron chi connectivity index (χ3n) is 6.52. The maximum absolute atomic E-state index is 13.7. The summed E-state index contributed by atoms with van der Waals surface area (Å²) in [4.78, 5) is 16.9. The number of hydrogen-bond acceptors (Lipinski definition) is 6. The minimum atomic E-state index is -3.91. The fraction of sp³-hybridized carbons (Fsp3) is 0.370. The molecule has 9 heteroatoms. The lowest BCUT2D eigenvalue weighted by Gasteiger charge is -2.31. The first-order chi connectivity index (χ1) is 17.2. The Bertz CT molecular complexity index is 1360. The van der Waals surface area contributed by atoms with E-state index in [-0.39, 0.29) is 23.1 Å². The molecule has 1 aromatic carbocycles. The fourth-order valence-electron chi connectivity index (χ4n) is 4.75. The SMILES string of the molecule is Cc1cc(C)c(C=Cc2onc(C)c2S(=O)(=O)N2CCCC(C(=O)NCc3cccnc3)C2)c(C)c1. The largest absolute Gasteiger partial charge is 0.355 e. The zero-order valence-corrected chi connectivity index (χ0v) is 21.9. The van der Waals surface area contributed by atoms with Crippen LogP contribution in [0.1, 0.15) is 52.1 Å². The lowest BCUT2D eigenvalue weighted by atomic mass is 9.99. The summed E-state index contributed by atoms with van der Waals surface area (Å²) in [5.41, 5.74) is 5.57. The molecule has 1 aliphatic rings. The summed E-state index contributed by atoms with van der Waals surface area (Å²) in [6, 6.07) is 7.87. The molecule has 1 aliphatic heterocycles. The van der Waals surface area contributed by atoms with E-state index in [9.17, 15) is 13.2 Å². The number of benzene rings is 1. The molecule has 0 aliphatic carbocycles. The van der Waals surface area contributed by atoms with E-state index in [0.29, 0.717) is 31.6 Å². The first kappa shape index (κ1) is 25.8. The molecule has 190 valence electrons. The number of nitrogens with one attached hydrogen (secondary N) is 1. The number of carbonyl (C=O) groups is 1. The molecule has 0 bridgehead atoms. The van der Waals surface area contributed by atoms with Crippen molar-refractivity contribution in [2.45, 2.75) is 52.0 Å². The van der Waals surface area contributed by atoms with E-state index in [1.807, 2.05) is 39.0 Å². The Morgan fingerprint density at radius 2 is 1.94 bits per heavy atom. The zero-order valence-electron chi connectivity index (χ0n) is 21.1. The highest BCUT2D eigenvalue weighted by atomic mass is 32.2. The normalized spacial score (nSPS) is 16.9. The Kier molecular flexibility index (Phi) is 7.70. The first-order valence-corrected chi connectivity index (χ1v) is 13.5. The summed E-state index contributed by atoms with van der Waals surface area (Å²) in [7, 11) is -3.91. The van der Waals surface area contributed by atoms with Gasteiger partial charge in [0, 0.05) is 32.0 Å². The van der Waals surface area contributed by atoms with Crippen molar-refractivity contribution in [3.63, 3.8) is 0 Å². The quantitative estimate of drug-likeness (QED) is 0.513. The van der Waals surface area contributed by atoms with Gasteiger partial charge in [0.25, 0.3) is 0 Å². The minimum Gasteiger partial charge on any atom is -0.355 e. The van der Waals surface area contributed by atoms with Gasteiger partial charge in [-0.2, -0.15) is 4.31 Å². The average molecular weight is 509 g/mol. The van der Waals surface area contributed by atoms with Crippen LogP contribution in [0.2, 0.25) is 0 Å². The van der Waals surface area contributed by atoms with Crippen molar-refractivity contribution in [1.29, 1.82) is 0 Å². The van der Waals surface area contributed by atoms with Crippen LogP contribution in [0, 0.1) is 33.6 Å². The molecule has 1 fully saturated rings. The van der Waals surface area contributed by atoms with Crippen molar-refractivity contribution in [1.82, 2.24) is 19.8 Å². The lowest BCUT2D eigenvalue weighted by Crippen LogP contribution is -2.45. The summed E-state index contributed by atoms with van der Waals surface area (Å²) in [6.07, 6.45) is 8.14. The van der Waals surface area contributed by atoms with E-state index < -0.39 is 15.9 Å². The van der Waals surface area contributed by atoms with Crippen LogP contribution < -0.4 is 5.32 Å². The van der Waals surface area contributed by atoms with Gasteiger partial charge in [-0.1, -0.05) is 35.0 Å². The van der Waals surface area contributed by atoms with Gasteiger partial charge in [-0.05, 0) is 74.9 Å². The van der Waals surface area contributed by atoms with E-state index in [1.165, 1.54) is 9.87 Å². The summed E-state index contributed by atoms with van der Waals surface area (Å²) >= 11 is 0. The highest BCUT2D eigenvalue weighted by molar-refractivity contribution is 7.89. The maximum atomic E-state index is 13.7. The van der Waals surface area contributed by atoms with Crippen LogP contribution in [0.4, 0.5) is 0 Å². The highest BCUT2D eigenvalue weighted by Gasteiger charge is 2.36. The third-order valence-corrected chi connectivity index (χ3v) is 8.54. The number of hydrogen-bond donors (Lipinski definition) is 1. The van der Waals surface area contributed by atoms with Crippen LogP contribution in [-0.4, -0.2) is 41.9 Å². The smallest absolute Gasteiger partial charge is 0.248 e. The van der Waals surface area contributed by atoms with Crippen molar-refractivity contribution in [3.05, 3.63) is 75.9 Å². The van der Waals surface area contributed by atoms with Gasteiger partial charge in [0.05, 0.1) is 5.92 Å². The monoisotopic (exact) mass is 508 g/mol. The van der Waals surface area contributed by atoms with Gasteiger partial charge in [0.2, 0.25) is 15.9 Å². The predicted octanol–water partition coefficient (Wildman–Crippen LogP) is 4.19. The van der Waals surface area contributed by atoms with E-state index in [4.69, 9.17) is 4.52 Å². The van der Waals surface area contributed by atoms with Gasteiger partial charge in [0.15, 0.2) is 10.7 Å². The molecule has 0 spiro atoms. The minimum absolute atomic E-state index is 0.0533. The summed E-state index contributed by atoms with van der Waals surface area (Å²) in [6.45, 7) is 8.53. The topological polar surface area (TPSA) is 105 Å². The number of piperidine rings is 1. The lowest BCUT2D eigenvalue weighted by molar-refractivity contribution is -0.126. The van der Waals surface area contributed by atoms with E-state index in [0.717, 1.165) is 22.3 Å². The Morgan fingerprint density at radius 3 is 2.64 bits per heavy atom. The molecule has 3 aromatic rings. The second-order valence-corrected chi connectivity index (χ2v) is 11.3. The molecule has 1 amide bonds. The summed E-state index contributed by atoms with van der Waals surface area (Å²) in [5, 5.41) is 6.86. The van der Waals surface area contributed by atoms with Gasteiger partial charge < -0.3 is 9.84 Å². The fourth-order valence-corrected chi connectivity index (χ4v) is 6.53. The Hall–Kier alpha value is -3.30. The van der Waals surface area contributed by atoms with Gasteiger partial charge in [-0.25, -0.2) is 8.42 Å². The number of aryl methyl sites for hydroxylation is 4. The standard InChI is InChI=1S/C27H32N4O4S/c1-18-13-19(2)24(20(3)14-18)9-10-25-26(21(4)30-35-25)36(33,34)31-12-6-8-23(17-31)27(32)29-16-22-7-5-11-28-15-22/h5,7,9-11,13-15,23H,6,8,12,16-17H2,1-4H3,(H,29,32). The number of amides is 1. The third kappa shape index (κ3) is 5.57. The molecular formula is C27H32N4O4S. The number of sulfonamides is 1. The molecule has 4 rings (SSSR count). The van der Waals surface area contributed by atoms with Crippen molar-refractivity contribution in [2.24, 2.45) is 5.92 Å². The number of rotatable bonds is 7. The molecule has 0 radical (unpaired) electrons. The van der Waals surface area contributed by atoms with Gasteiger partial charge in [-0.15, -0.1) is 0 Å². The van der Waals surface area contributed by atoms with Crippen LogP contribution in [0.3, 0.4) is 0 Å². The second kappa shape index (κ2) is 10.8. The van der Waals surface area contributed by atoms with E-state index in [1.54, 1.807) is 25.4 Å². The predicted molar refractivity (Wildman–Crippen MR) is 138 cm³/mol. The first-order valence-electron chi connectivity index (χ1n) is 12.1. The Labute approximate surface area is 212 Å². The van der Waals surface area contributed by atoms with Crippen LogP contribution in [0.15, 0.2) is 46.1 Å². The van der Waals surface area contributed by atoms with Gasteiger partial charge in [0.1, 0.15) is 5.69 Å². The molecule has 0 saturated carbocycles. The number of carbonyl (C=O) groups excluding carboxylic acids is 1. The van der Waals surface area contributed by atoms with Crippen LogP contribution in [-0.2, 0) is 21.4 Å². The van der Waals surface area contributed by atoms with Crippen molar-refractivity contribution in [2.75, 3.05) is 13.1 Å². The van der Waals surface area contributed by atoms with Gasteiger partial charge >= 0.3 is 0 Å². The molecular weight excluding hydrogens is 476 g/mol. The van der Waals surface area contributed by atoms with E-state index in [2.05, 4.69) is 27.6 Å². The molecule has 36 heavy (non-hydrogen) atoms. The average Bonchev–Trinajstić information content (AvgIpc) is 3.23. The number of aromatic nitrogens is 2. The number of nitrogens with zero attached hydrogens (tertiary/aromatic N) is 3. The van der Waals surface area contributed by atoms with Crippen molar-refractivity contribution < 1.29 is 17.7 Å². The number of pyridine rings is 1. The molecule has 2 aromatic heterocycles. The van der Waals surface area contributed by atoms with Crippen molar-refractivity contribution >= 4 is 28.1 Å². The highest BCUT2D eigenvalue weighted by Crippen LogP contribution is 2.30. The maximum Gasteiger partial charge on any atom is 0.248 e. The molecule has 1 N–H and O–H groups in total. The molecule has 1 unspecified atom stereocenters.